The van der Waals surface area contributed by atoms with Gasteiger partial charge in [-0.3, -0.25) is 0 Å². The number of ether oxygens (including phenoxy) is 2. The molecule has 3 heteroatoms. The van der Waals surface area contributed by atoms with E-state index in [-0.39, 0.29) is 11.6 Å². The van der Waals surface area contributed by atoms with Crippen molar-refractivity contribution in [3.05, 3.63) is 29.8 Å². The molecule has 1 atom stereocenters. The van der Waals surface area contributed by atoms with Crippen LogP contribution in [0.1, 0.15) is 44.2 Å². The number of benzene rings is 1. The standard InChI is InChI=1S/C16H25NO2/c1-4-17-15(16(19-3)10-5-6-11-16)13-8-7-9-14(12-13)18-2/h7-9,12,15,17H,4-6,10-11H2,1-3H3. The first-order chi connectivity index (χ1) is 9.25. The lowest BCUT2D eigenvalue weighted by atomic mass is 9.86. The Morgan fingerprint density at radius 2 is 2.00 bits per heavy atom. The molecule has 0 amide bonds. The summed E-state index contributed by atoms with van der Waals surface area (Å²) in [6.45, 7) is 3.08. The summed E-state index contributed by atoms with van der Waals surface area (Å²) < 4.78 is 11.3. The van der Waals surface area contributed by atoms with Crippen LogP contribution in [0.2, 0.25) is 0 Å². The second-order valence-electron chi connectivity index (χ2n) is 5.24. The molecule has 0 radical (unpaired) electrons. The Hall–Kier alpha value is -1.06. The second-order valence-corrected chi connectivity index (χ2v) is 5.24. The topological polar surface area (TPSA) is 30.5 Å². The molecule has 0 spiro atoms. The molecule has 1 fully saturated rings. The number of methoxy groups -OCH3 is 2. The van der Waals surface area contributed by atoms with Crippen molar-refractivity contribution < 1.29 is 9.47 Å². The van der Waals surface area contributed by atoms with E-state index in [9.17, 15) is 0 Å². The molecule has 1 aliphatic carbocycles. The van der Waals surface area contributed by atoms with E-state index in [0.717, 1.165) is 25.1 Å². The van der Waals surface area contributed by atoms with E-state index in [1.807, 2.05) is 13.2 Å². The molecule has 0 aromatic heterocycles. The third-order valence-corrected chi connectivity index (χ3v) is 4.22. The molecule has 0 aliphatic heterocycles. The Morgan fingerprint density at radius 3 is 2.58 bits per heavy atom. The van der Waals surface area contributed by atoms with Crippen LogP contribution in [0.4, 0.5) is 0 Å². The van der Waals surface area contributed by atoms with Crippen LogP contribution in [0.5, 0.6) is 5.75 Å². The first-order valence-electron chi connectivity index (χ1n) is 7.18. The zero-order valence-corrected chi connectivity index (χ0v) is 12.2. The van der Waals surface area contributed by atoms with E-state index in [1.54, 1.807) is 7.11 Å². The fourth-order valence-corrected chi connectivity index (χ4v) is 3.22. The summed E-state index contributed by atoms with van der Waals surface area (Å²) in [5.41, 5.74) is 1.19. The molecule has 1 aromatic carbocycles. The molecule has 3 nitrogen and oxygen atoms in total. The monoisotopic (exact) mass is 263 g/mol. The van der Waals surface area contributed by atoms with Gasteiger partial charge in [0.05, 0.1) is 18.8 Å². The van der Waals surface area contributed by atoms with Gasteiger partial charge < -0.3 is 14.8 Å². The van der Waals surface area contributed by atoms with Gasteiger partial charge in [-0.15, -0.1) is 0 Å². The van der Waals surface area contributed by atoms with Gasteiger partial charge in [0, 0.05) is 7.11 Å². The lowest BCUT2D eigenvalue weighted by Gasteiger charge is -2.37. The lowest BCUT2D eigenvalue weighted by molar-refractivity contribution is -0.0364. The molecule has 0 saturated heterocycles. The first kappa shape index (κ1) is 14.4. The molecule has 0 heterocycles. The summed E-state index contributed by atoms with van der Waals surface area (Å²) in [5, 5.41) is 3.60. The fourth-order valence-electron chi connectivity index (χ4n) is 3.22. The van der Waals surface area contributed by atoms with Gasteiger partial charge in [-0.2, -0.15) is 0 Å². The normalized spacial score (nSPS) is 19.3. The van der Waals surface area contributed by atoms with Crippen LogP contribution in [-0.2, 0) is 4.74 Å². The van der Waals surface area contributed by atoms with E-state index in [1.165, 1.54) is 18.4 Å². The maximum Gasteiger partial charge on any atom is 0.119 e. The van der Waals surface area contributed by atoms with E-state index in [2.05, 4.69) is 30.4 Å². The smallest absolute Gasteiger partial charge is 0.119 e. The summed E-state index contributed by atoms with van der Waals surface area (Å²) in [5.74, 6) is 0.907. The quantitative estimate of drug-likeness (QED) is 0.854. The van der Waals surface area contributed by atoms with Crippen molar-refractivity contribution in [3.8, 4) is 5.75 Å². The van der Waals surface area contributed by atoms with E-state index in [4.69, 9.17) is 9.47 Å². The SMILES string of the molecule is CCNC(c1cccc(OC)c1)C1(OC)CCCC1. The van der Waals surface area contributed by atoms with Crippen LogP contribution in [0.25, 0.3) is 0 Å². The third kappa shape index (κ3) is 2.93. The van der Waals surface area contributed by atoms with Gasteiger partial charge in [0.15, 0.2) is 0 Å². The first-order valence-corrected chi connectivity index (χ1v) is 7.18. The predicted molar refractivity (Wildman–Crippen MR) is 77.6 cm³/mol. The third-order valence-electron chi connectivity index (χ3n) is 4.22. The Morgan fingerprint density at radius 1 is 1.26 bits per heavy atom. The molecule has 1 saturated carbocycles. The Labute approximate surface area is 116 Å². The number of rotatable bonds is 6. The summed E-state index contributed by atoms with van der Waals surface area (Å²) in [7, 11) is 3.55. The van der Waals surface area contributed by atoms with E-state index >= 15 is 0 Å². The van der Waals surface area contributed by atoms with Gasteiger partial charge in [-0.1, -0.05) is 31.9 Å². The van der Waals surface area contributed by atoms with Crippen molar-refractivity contribution in [3.63, 3.8) is 0 Å². The van der Waals surface area contributed by atoms with Crippen LogP contribution in [-0.4, -0.2) is 26.4 Å². The highest BCUT2D eigenvalue weighted by molar-refractivity contribution is 5.32. The van der Waals surface area contributed by atoms with Crippen molar-refractivity contribution in [2.75, 3.05) is 20.8 Å². The minimum absolute atomic E-state index is 0.0671. The molecule has 1 unspecified atom stereocenters. The highest BCUT2D eigenvalue weighted by Gasteiger charge is 2.42. The fraction of sp³-hybridized carbons (Fsp3) is 0.625. The van der Waals surface area contributed by atoms with Crippen molar-refractivity contribution in [1.29, 1.82) is 0 Å². The van der Waals surface area contributed by atoms with Crippen LogP contribution in [0.3, 0.4) is 0 Å². The van der Waals surface area contributed by atoms with Gasteiger partial charge in [-0.25, -0.2) is 0 Å². The molecular formula is C16H25NO2. The zero-order chi connectivity index (χ0) is 13.7. The summed E-state index contributed by atoms with van der Waals surface area (Å²) >= 11 is 0. The van der Waals surface area contributed by atoms with Gasteiger partial charge in [-0.05, 0) is 37.1 Å². The predicted octanol–water partition coefficient (Wildman–Crippen LogP) is 3.31. The number of hydrogen-bond acceptors (Lipinski definition) is 3. The van der Waals surface area contributed by atoms with Gasteiger partial charge >= 0.3 is 0 Å². The highest BCUT2D eigenvalue weighted by Crippen LogP contribution is 2.43. The van der Waals surface area contributed by atoms with Crippen molar-refractivity contribution in [2.45, 2.75) is 44.2 Å². The van der Waals surface area contributed by atoms with Gasteiger partial charge in [0.1, 0.15) is 5.75 Å². The number of hydrogen-bond donors (Lipinski definition) is 1. The van der Waals surface area contributed by atoms with Crippen LogP contribution in [0.15, 0.2) is 24.3 Å². The minimum Gasteiger partial charge on any atom is -0.497 e. The molecule has 2 rings (SSSR count). The lowest BCUT2D eigenvalue weighted by Crippen LogP contribution is -2.43. The van der Waals surface area contributed by atoms with Gasteiger partial charge in [0.2, 0.25) is 0 Å². The minimum atomic E-state index is -0.0671. The van der Waals surface area contributed by atoms with Crippen molar-refractivity contribution in [1.82, 2.24) is 5.32 Å². The molecule has 1 aromatic rings. The molecule has 106 valence electrons. The largest absolute Gasteiger partial charge is 0.497 e. The van der Waals surface area contributed by atoms with E-state index < -0.39 is 0 Å². The van der Waals surface area contributed by atoms with E-state index in [0.29, 0.717) is 0 Å². The Kier molecular flexibility index (Phi) is 4.83. The molecule has 0 bridgehead atoms. The molecular weight excluding hydrogens is 238 g/mol. The number of likely N-dealkylation sites (N-methyl/N-ethyl adjacent to an activating group) is 1. The maximum atomic E-state index is 5.94. The van der Waals surface area contributed by atoms with Crippen molar-refractivity contribution >= 4 is 0 Å². The van der Waals surface area contributed by atoms with Crippen LogP contribution >= 0.6 is 0 Å². The summed E-state index contributed by atoms with van der Waals surface area (Å²) in [6, 6.07) is 8.55. The molecule has 1 aliphatic rings. The number of nitrogens with one attached hydrogen (secondary N) is 1. The average molecular weight is 263 g/mol. The average Bonchev–Trinajstić information content (AvgIpc) is 2.94. The molecule has 19 heavy (non-hydrogen) atoms. The Balaban J connectivity index is 2.32. The summed E-state index contributed by atoms with van der Waals surface area (Å²) in [6.07, 6.45) is 4.75. The van der Waals surface area contributed by atoms with Crippen LogP contribution < -0.4 is 10.1 Å². The zero-order valence-electron chi connectivity index (χ0n) is 12.2. The van der Waals surface area contributed by atoms with Crippen LogP contribution in [0, 0.1) is 0 Å². The summed E-state index contributed by atoms with van der Waals surface area (Å²) in [4.78, 5) is 0. The van der Waals surface area contributed by atoms with Crippen molar-refractivity contribution in [2.24, 2.45) is 0 Å². The highest BCUT2D eigenvalue weighted by atomic mass is 16.5. The Bertz CT molecular complexity index is 399. The molecule has 1 N–H and O–H groups in total. The van der Waals surface area contributed by atoms with Gasteiger partial charge in [0.25, 0.3) is 0 Å². The second kappa shape index (κ2) is 6.40. The maximum absolute atomic E-state index is 5.94.